The van der Waals surface area contributed by atoms with E-state index in [0.29, 0.717) is 6.54 Å². The van der Waals surface area contributed by atoms with E-state index in [0.717, 1.165) is 24.4 Å². The van der Waals surface area contributed by atoms with Gasteiger partial charge >= 0.3 is 0 Å². The molecule has 0 saturated heterocycles. The highest BCUT2D eigenvalue weighted by Crippen LogP contribution is 2.22. The van der Waals surface area contributed by atoms with Crippen molar-refractivity contribution in [2.45, 2.75) is 26.8 Å². The van der Waals surface area contributed by atoms with Crippen LogP contribution in [-0.2, 0) is 10.0 Å². The number of nitrogens with one attached hydrogen (secondary N) is 1. The third kappa shape index (κ3) is 5.30. The summed E-state index contributed by atoms with van der Waals surface area (Å²) in [4.78, 5) is 2.24. The molecule has 0 fully saturated rings. The maximum absolute atomic E-state index is 11.7. The average Bonchev–Trinajstić information content (AvgIpc) is 2.51. The average molecular weight is 314 g/mol. The van der Waals surface area contributed by atoms with E-state index in [1.165, 1.54) is 0 Å². The van der Waals surface area contributed by atoms with Crippen molar-refractivity contribution in [2.24, 2.45) is 0 Å². The molecule has 6 heteroatoms. The Morgan fingerprint density at radius 1 is 1.14 bits per heavy atom. The van der Waals surface area contributed by atoms with Crippen molar-refractivity contribution in [2.75, 3.05) is 32.5 Å². The van der Waals surface area contributed by atoms with Crippen LogP contribution in [0.15, 0.2) is 24.3 Å². The van der Waals surface area contributed by atoms with Gasteiger partial charge in [-0.05, 0) is 37.7 Å². The minimum Gasteiger partial charge on any atom is -0.497 e. The number of methoxy groups -OCH3 is 1. The molecule has 120 valence electrons. The highest BCUT2D eigenvalue weighted by molar-refractivity contribution is 7.89. The van der Waals surface area contributed by atoms with Crippen LogP contribution in [0, 0.1) is 0 Å². The molecule has 1 aromatic rings. The lowest BCUT2D eigenvalue weighted by Crippen LogP contribution is -2.38. The van der Waals surface area contributed by atoms with E-state index in [4.69, 9.17) is 4.74 Å². The normalized spacial score (nSPS) is 13.4. The molecule has 0 amide bonds. The largest absolute Gasteiger partial charge is 0.497 e. The van der Waals surface area contributed by atoms with E-state index < -0.39 is 10.0 Å². The van der Waals surface area contributed by atoms with Gasteiger partial charge in [0.25, 0.3) is 0 Å². The van der Waals surface area contributed by atoms with Crippen molar-refractivity contribution >= 4 is 10.0 Å². The molecule has 0 aliphatic rings. The van der Waals surface area contributed by atoms with Gasteiger partial charge in [0.05, 0.1) is 12.9 Å². The van der Waals surface area contributed by atoms with Crippen LogP contribution in [0.1, 0.15) is 32.4 Å². The molecule has 0 spiro atoms. The van der Waals surface area contributed by atoms with Gasteiger partial charge in [0.15, 0.2) is 0 Å². The standard InChI is InChI=1S/C15H26N2O3S/c1-5-17(6-2)15(12-16-21(18,19)7-3)13-8-10-14(20-4)11-9-13/h8-11,15-16H,5-7,12H2,1-4H3. The lowest BCUT2D eigenvalue weighted by atomic mass is 10.1. The monoisotopic (exact) mass is 314 g/mol. The van der Waals surface area contributed by atoms with Gasteiger partial charge in [-0.2, -0.15) is 0 Å². The lowest BCUT2D eigenvalue weighted by molar-refractivity contribution is 0.220. The van der Waals surface area contributed by atoms with Gasteiger partial charge in [0.1, 0.15) is 5.75 Å². The van der Waals surface area contributed by atoms with E-state index in [1.807, 2.05) is 24.3 Å². The summed E-state index contributed by atoms with van der Waals surface area (Å²) in [6, 6.07) is 7.80. The quantitative estimate of drug-likeness (QED) is 0.757. The van der Waals surface area contributed by atoms with Crippen LogP contribution in [0.5, 0.6) is 5.75 Å². The zero-order valence-electron chi connectivity index (χ0n) is 13.3. The van der Waals surface area contributed by atoms with E-state index in [1.54, 1.807) is 14.0 Å². The number of sulfonamides is 1. The SMILES string of the molecule is CCN(CC)C(CNS(=O)(=O)CC)c1ccc(OC)cc1. The molecular weight excluding hydrogens is 288 g/mol. The number of rotatable bonds is 9. The highest BCUT2D eigenvalue weighted by atomic mass is 32.2. The number of benzene rings is 1. The van der Waals surface area contributed by atoms with E-state index in [9.17, 15) is 8.42 Å². The molecule has 1 atom stereocenters. The lowest BCUT2D eigenvalue weighted by Gasteiger charge is -2.30. The third-order valence-electron chi connectivity index (χ3n) is 3.63. The van der Waals surface area contributed by atoms with E-state index >= 15 is 0 Å². The summed E-state index contributed by atoms with van der Waals surface area (Å²) in [6.07, 6.45) is 0. The van der Waals surface area contributed by atoms with Crippen molar-refractivity contribution in [1.29, 1.82) is 0 Å². The summed E-state index contributed by atoms with van der Waals surface area (Å²) >= 11 is 0. The smallest absolute Gasteiger partial charge is 0.211 e. The fourth-order valence-corrected chi connectivity index (χ4v) is 2.87. The topological polar surface area (TPSA) is 58.6 Å². The summed E-state index contributed by atoms with van der Waals surface area (Å²) in [5.74, 6) is 0.895. The molecule has 0 aliphatic carbocycles. The van der Waals surface area contributed by atoms with Crippen molar-refractivity contribution < 1.29 is 13.2 Å². The van der Waals surface area contributed by atoms with Crippen LogP contribution < -0.4 is 9.46 Å². The van der Waals surface area contributed by atoms with Crippen molar-refractivity contribution in [3.05, 3.63) is 29.8 Å². The Hall–Kier alpha value is -1.11. The van der Waals surface area contributed by atoms with Crippen molar-refractivity contribution in [3.8, 4) is 5.75 Å². The zero-order chi connectivity index (χ0) is 15.9. The van der Waals surface area contributed by atoms with Crippen LogP contribution >= 0.6 is 0 Å². The molecule has 1 unspecified atom stereocenters. The maximum Gasteiger partial charge on any atom is 0.211 e. The first-order valence-electron chi connectivity index (χ1n) is 7.32. The van der Waals surface area contributed by atoms with Crippen LogP contribution in [0.2, 0.25) is 0 Å². The highest BCUT2D eigenvalue weighted by Gasteiger charge is 2.20. The first-order valence-corrected chi connectivity index (χ1v) is 8.97. The second-order valence-electron chi connectivity index (χ2n) is 4.76. The third-order valence-corrected chi connectivity index (χ3v) is 5.00. The van der Waals surface area contributed by atoms with Gasteiger partial charge in [0.2, 0.25) is 10.0 Å². The van der Waals surface area contributed by atoms with Crippen LogP contribution in [0.4, 0.5) is 0 Å². The van der Waals surface area contributed by atoms with Gasteiger partial charge in [0, 0.05) is 12.6 Å². The second kappa shape index (κ2) is 8.36. The summed E-state index contributed by atoms with van der Waals surface area (Å²) in [5.41, 5.74) is 1.08. The molecule has 0 heterocycles. The van der Waals surface area contributed by atoms with Gasteiger partial charge in [-0.15, -0.1) is 0 Å². The Morgan fingerprint density at radius 3 is 2.14 bits per heavy atom. The molecule has 1 aromatic carbocycles. The molecular formula is C15H26N2O3S. The minimum atomic E-state index is -3.19. The predicted molar refractivity (Wildman–Crippen MR) is 86.1 cm³/mol. The van der Waals surface area contributed by atoms with E-state index in [-0.39, 0.29) is 11.8 Å². The Labute approximate surface area is 128 Å². The Morgan fingerprint density at radius 2 is 1.71 bits per heavy atom. The van der Waals surface area contributed by atoms with Crippen LogP contribution in [0.25, 0.3) is 0 Å². The Balaban J connectivity index is 2.95. The van der Waals surface area contributed by atoms with Crippen LogP contribution in [0.3, 0.4) is 0 Å². The summed E-state index contributed by atoms with van der Waals surface area (Å²) in [7, 11) is -1.56. The molecule has 1 N–H and O–H groups in total. The summed E-state index contributed by atoms with van der Waals surface area (Å²) in [5, 5.41) is 0. The maximum atomic E-state index is 11.7. The first kappa shape index (κ1) is 17.9. The molecule has 1 rings (SSSR count). The molecule has 0 saturated carbocycles. The zero-order valence-corrected chi connectivity index (χ0v) is 14.1. The predicted octanol–water partition coefficient (Wildman–Crippen LogP) is 2.02. The molecule has 5 nitrogen and oxygen atoms in total. The second-order valence-corrected chi connectivity index (χ2v) is 6.86. The van der Waals surface area contributed by atoms with Gasteiger partial charge < -0.3 is 4.74 Å². The molecule has 0 bridgehead atoms. The van der Waals surface area contributed by atoms with E-state index in [2.05, 4.69) is 23.5 Å². The van der Waals surface area contributed by atoms with Crippen molar-refractivity contribution in [3.63, 3.8) is 0 Å². The fourth-order valence-electron chi connectivity index (χ4n) is 2.26. The van der Waals surface area contributed by atoms with Crippen molar-refractivity contribution in [1.82, 2.24) is 9.62 Å². The first-order chi connectivity index (χ1) is 9.97. The fraction of sp³-hybridized carbons (Fsp3) is 0.600. The molecule has 0 radical (unpaired) electrons. The van der Waals surface area contributed by atoms with Gasteiger partial charge in [-0.1, -0.05) is 26.0 Å². The number of ether oxygens (including phenoxy) is 1. The number of nitrogens with zero attached hydrogens (tertiary/aromatic N) is 1. The Kier molecular flexibility index (Phi) is 7.14. The number of hydrogen-bond donors (Lipinski definition) is 1. The summed E-state index contributed by atoms with van der Waals surface area (Å²) < 4.78 is 31.2. The van der Waals surface area contributed by atoms with Gasteiger partial charge in [-0.25, -0.2) is 13.1 Å². The van der Waals surface area contributed by atoms with Gasteiger partial charge in [-0.3, -0.25) is 4.90 Å². The minimum absolute atomic E-state index is 0.0206. The number of hydrogen-bond acceptors (Lipinski definition) is 4. The molecule has 0 aromatic heterocycles. The summed E-state index contributed by atoms with van der Waals surface area (Å²) in [6.45, 7) is 7.90. The number of likely N-dealkylation sites (N-methyl/N-ethyl adjacent to an activating group) is 1. The van der Waals surface area contributed by atoms with Crippen LogP contribution in [-0.4, -0.2) is 45.8 Å². The Bertz CT molecular complexity index is 510. The molecule has 0 aliphatic heterocycles. The molecule has 21 heavy (non-hydrogen) atoms.